The van der Waals surface area contributed by atoms with Gasteiger partial charge in [-0.25, -0.2) is 0 Å². The monoisotopic (exact) mass is 257 g/mol. The Kier molecular flexibility index (Phi) is 4.98. The second kappa shape index (κ2) is 5.29. The molecule has 1 atom stereocenters. The van der Waals surface area contributed by atoms with E-state index in [4.69, 9.17) is 0 Å². The van der Waals surface area contributed by atoms with Gasteiger partial charge >= 0.3 is 5.97 Å². The van der Waals surface area contributed by atoms with Gasteiger partial charge in [0.15, 0.2) is 0 Å². The number of hydrogen-bond acceptors (Lipinski definition) is 2. The van der Waals surface area contributed by atoms with Crippen LogP contribution in [-0.2, 0) is 9.59 Å². The number of carboxylic acid groups (broad SMARTS) is 1. The largest absolute Gasteiger partial charge is 0.481 e. The molecule has 0 aliphatic heterocycles. The Labute approximate surface area is 110 Å². The van der Waals surface area contributed by atoms with E-state index in [1.54, 1.807) is 32.8 Å². The van der Waals surface area contributed by atoms with E-state index in [2.05, 4.69) is 0 Å². The van der Waals surface area contributed by atoms with E-state index < -0.39 is 16.8 Å². The minimum atomic E-state index is -0.965. The summed E-state index contributed by atoms with van der Waals surface area (Å²) in [5.41, 5.74) is -1.60. The summed E-state index contributed by atoms with van der Waals surface area (Å²) in [4.78, 5) is 25.3. The molecule has 106 valence electrons. The predicted molar refractivity (Wildman–Crippen MR) is 72.2 cm³/mol. The van der Waals surface area contributed by atoms with Crippen LogP contribution >= 0.6 is 0 Å². The van der Waals surface area contributed by atoms with Crippen LogP contribution in [0.4, 0.5) is 0 Å². The molecule has 0 rings (SSSR count). The van der Waals surface area contributed by atoms with E-state index in [0.717, 1.165) is 0 Å². The second-order valence-corrected chi connectivity index (χ2v) is 6.61. The second-order valence-electron chi connectivity index (χ2n) is 6.61. The normalized spacial score (nSPS) is 14.5. The standard InChI is InChI=1S/C14H27NO3/c1-9(2)10(11(16)15(7)8)13(3,4)14(5,6)12(17)18/h9-10H,1-8H3,(H,17,18). The number of aliphatic carboxylic acids is 1. The topological polar surface area (TPSA) is 57.6 Å². The molecule has 0 spiro atoms. The quantitative estimate of drug-likeness (QED) is 0.823. The lowest BCUT2D eigenvalue weighted by atomic mass is 9.58. The van der Waals surface area contributed by atoms with E-state index in [-0.39, 0.29) is 17.7 Å². The third-order valence-electron chi connectivity index (χ3n) is 4.30. The van der Waals surface area contributed by atoms with Crippen LogP contribution in [0.5, 0.6) is 0 Å². The minimum Gasteiger partial charge on any atom is -0.481 e. The predicted octanol–water partition coefficient (Wildman–Crippen LogP) is 2.48. The summed E-state index contributed by atoms with van der Waals surface area (Å²) in [6.45, 7) is 11.0. The van der Waals surface area contributed by atoms with Gasteiger partial charge in [-0.3, -0.25) is 9.59 Å². The third-order valence-corrected chi connectivity index (χ3v) is 4.30. The van der Waals surface area contributed by atoms with Gasteiger partial charge in [0.2, 0.25) is 5.91 Å². The van der Waals surface area contributed by atoms with Gasteiger partial charge < -0.3 is 10.0 Å². The highest BCUT2D eigenvalue weighted by Gasteiger charge is 2.51. The number of hydrogen-bond donors (Lipinski definition) is 1. The van der Waals surface area contributed by atoms with E-state index in [1.165, 1.54) is 0 Å². The number of carbonyl (C=O) groups excluding carboxylic acids is 1. The molecule has 0 saturated heterocycles. The Morgan fingerprint density at radius 3 is 1.67 bits per heavy atom. The summed E-state index contributed by atoms with van der Waals surface area (Å²) in [5.74, 6) is -1.11. The molecule has 0 aliphatic rings. The lowest BCUT2D eigenvalue weighted by Crippen LogP contribution is -2.51. The molecule has 0 aromatic rings. The van der Waals surface area contributed by atoms with Gasteiger partial charge in [0.1, 0.15) is 0 Å². The molecule has 1 amide bonds. The molecular weight excluding hydrogens is 230 g/mol. The van der Waals surface area contributed by atoms with Crippen molar-refractivity contribution in [2.45, 2.75) is 41.5 Å². The smallest absolute Gasteiger partial charge is 0.309 e. The number of nitrogens with zero attached hydrogens (tertiary/aromatic N) is 1. The van der Waals surface area contributed by atoms with Crippen molar-refractivity contribution in [1.29, 1.82) is 0 Å². The zero-order chi connectivity index (χ0) is 14.9. The fourth-order valence-corrected chi connectivity index (χ4v) is 2.37. The highest BCUT2D eigenvalue weighted by molar-refractivity contribution is 5.82. The first-order valence-electron chi connectivity index (χ1n) is 6.32. The van der Waals surface area contributed by atoms with Crippen LogP contribution < -0.4 is 0 Å². The van der Waals surface area contributed by atoms with Gasteiger partial charge in [-0.15, -0.1) is 0 Å². The first-order chi connectivity index (χ1) is 7.87. The van der Waals surface area contributed by atoms with Gasteiger partial charge in [0.05, 0.1) is 5.41 Å². The van der Waals surface area contributed by atoms with Crippen molar-refractivity contribution in [3.05, 3.63) is 0 Å². The van der Waals surface area contributed by atoms with Crippen molar-refractivity contribution in [2.24, 2.45) is 22.7 Å². The lowest BCUT2D eigenvalue weighted by molar-refractivity contribution is -0.161. The van der Waals surface area contributed by atoms with Gasteiger partial charge in [-0.2, -0.15) is 0 Å². The SMILES string of the molecule is CC(C)C(C(=O)N(C)C)C(C)(C)C(C)(C)C(=O)O. The zero-order valence-corrected chi connectivity index (χ0v) is 12.9. The fourth-order valence-electron chi connectivity index (χ4n) is 2.37. The Bertz CT molecular complexity index is 330. The van der Waals surface area contributed by atoms with Crippen molar-refractivity contribution in [3.63, 3.8) is 0 Å². The number of carboxylic acids is 1. The maximum Gasteiger partial charge on any atom is 0.309 e. The van der Waals surface area contributed by atoms with Crippen LogP contribution in [0.15, 0.2) is 0 Å². The average molecular weight is 257 g/mol. The summed E-state index contributed by atoms with van der Waals surface area (Å²) in [7, 11) is 3.42. The molecule has 4 nitrogen and oxygen atoms in total. The molecule has 0 radical (unpaired) electrons. The Balaban J connectivity index is 5.63. The van der Waals surface area contributed by atoms with E-state index in [9.17, 15) is 14.7 Å². The highest BCUT2D eigenvalue weighted by Crippen LogP contribution is 2.47. The first kappa shape index (κ1) is 16.9. The fraction of sp³-hybridized carbons (Fsp3) is 0.857. The van der Waals surface area contributed by atoms with Crippen LogP contribution in [0.2, 0.25) is 0 Å². The van der Waals surface area contributed by atoms with E-state index in [1.807, 2.05) is 27.7 Å². The van der Waals surface area contributed by atoms with Gasteiger partial charge in [0.25, 0.3) is 0 Å². The number of amides is 1. The maximum atomic E-state index is 12.3. The van der Waals surface area contributed by atoms with Crippen molar-refractivity contribution in [3.8, 4) is 0 Å². The van der Waals surface area contributed by atoms with Gasteiger partial charge in [-0.1, -0.05) is 27.7 Å². The molecule has 0 fully saturated rings. The maximum absolute atomic E-state index is 12.3. The average Bonchev–Trinajstić information content (AvgIpc) is 2.15. The summed E-state index contributed by atoms with van der Waals surface area (Å²) in [6.07, 6.45) is 0. The molecule has 18 heavy (non-hydrogen) atoms. The highest BCUT2D eigenvalue weighted by atomic mass is 16.4. The Hall–Kier alpha value is -1.06. The molecule has 1 N–H and O–H groups in total. The molecule has 4 heteroatoms. The molecule has 0 bridgehead atoms. The van der Waals surface area contributed by atoms with E-state index >= 15 is 0 Å². The molecule has 1 unspecified atom stereocenters. The summed E-state index contributed by atoms with van der Waals surface area (Å²) < 4.78 is 0. The summed E-state index contributed by atoms with van der Waals surface area (Å²) >= 11 is 0. The van der Waals surface area contributed by atoms with Crippen LogP contribution in [0.25, 0.3) is 0 Å². The first-order valence-corrected chi connectivity index (χ1v) is 6.32. The van der Waals surface area contributed by atoms with Crippen molar-refractivity contribution in [2.75, 3.05) is 14.1 Å². The Morgan fingerprint density at radius 1 is 1.06 bits per heavy atom. The van der Waals surface area contributed by atoms with Gasteiger partial charge in [-0.05, 0) is 25.2 Å². The van der Waals surface area contributed by atoms with Crippen LogP contribution in [0.1, 0.15) is 41.5 Å². The number of rotatable bonds is 5. The molecule has 0 aliphatic carbocycles. The van der Waals surface area contributed by atoms with Crippen molar-refractivity contribution in [1.82, 2.24) is 4.90 Å². The van der Waals surface area contributed by atoms with Crippen LogP contribution in [-0.4, -0.2) is 36.0 Å². The van der Waals surface area contributed by atoms with Crippen molar-refractivity contribution < 1.29 is 14.7 Å². The molecular formula is C14H27NO3. The minimum absolute atomic E-state index is 0.00988. The van der Waals surface area contributed by atoms with Gasteiger partial charge in [0, 0.05) is 20.0 Å². The van der Waals surface area contributed by atoms with Crippen molar-refractivity contribution >= 4 is 11.9 Å². The van der Waals surface area contributed by atoms with Crippen LogP contribution in [0, 0.1) is 22.7 Å². The number of carbonyl (C=O) groups is 2. The molecule has 0 aromatic carbocycles. The summed E-state index contributed by atoms with van der Waals surface area (Å²) in [5, 5.41) is 9.40. The third kappa shape index (κ3) is 2.85. The van der Waals surface area contributed by atoms with Crippen LogP contribution in [0.3, 0.4) is 0 Å². The van der Waals surface area contributed by atoms with E-state index in [0.29, 0.717) is 0 Å². The zero-order valence-electron chi connectivity index (χ0n) is 12.9. The lowest BCUT2D eigenvalue weighted by Gasteiger charge is -2.45. The molecule has 0 aromatic heterocycles. The molecule has 0 saturated carbocycles. The summed E-state index contributed by atoms with van der Waals surface area (Å²) in [6, 6.07) is 0. The Morgan fingerprint density at radius 2 is 1.44 bits per heavy atom. The molecule has 0 heterocycles.